The summed E-state index contributed by atoms with van der Waals surface area (Å²) in [6, 6.07) is 1.96. The molecule has 0 radical (unpaired) electrons. The number of aryl methyl sites for hydroxylation is 2. The second-order valence-electron chi connectivity index (χ2n) is 4.34. The van der Waals surface area contributed by atoms with E-state index in [9.17, 15) is 0 Å². The van der Waals surface area contributed by atoms with Crippen LogP contribution < -0.4 is 10.5 Å². The van der Waals surface area contributed by atoms with E-state index < -0.39 is 0 Å². The van der Waals surface area contributed by atoms with E-state index in [1.807, 2.05) is 26.8 Å². The van der Waals surface area contributed by atoms with Gasteiger partial charge in [0.25, 0.3) is 0 Å². The minimum absolute atomic E-state index is 0.127. The summed E-state index contributed by atoms with van der Waals surface area (Å²) in [7, 11) is 0. The Hall–Kier alpha value is -1.16. The second kappa shape index (κ2) is 5.96. The van der Waals surface area contributed by atoms with Crippen molar-refractivity contribution in [2.24, 2.45) is 5.73 Å². The summed E-state index contributed by atoms with van der Waals surface area (Å²) in [6.45, 7) is 8.07. The molecule has 1 atom stereocenters. The first-order chi connectivity index (χ1) is 7.95. The fraction of sp³-hybridized carbons (Fsp3) is 0.538. The molecule has 0 aliphatic carbocycles. The average molecular weight is 252 g/mol. The number of pyridine rings is 1. The molecule has 1 aromatic rings. The third-order valence-electron chi connectivity index (χ3n) is 2.57. The maximum atomic E-state index is 5.83. The molecule has 0 saturated carbocycles. The molecule has 4 heteroatoms. The molecule has 0 amide bonds. The van der Waals surface area contributed by atoms with Gasteiger partial charge in [0.1, 0.15) is 4.99 Å². The first-order valence-corrected chi connectivity index (χ1v) is 6.31. The van der Waals surface area contributed by atoms with Gasteiger partial charge in [-0.2, -0.15) is 0 Å². The smallest absolute Gasteiger partial charge is 0.224 e. The van der Waals surface area contributed by atoms with Crippen LogP contribution in [0.3, 0.4) is 0 Å². The van der Waals surface area contributed by atoms with Gasteiger partial charge < -0.3 is 10.5 Å². The number of nitrogens with two attached hydrogens (primary N) is 1. The van der Waals surface area contributed by atoms with Gasteiger partial charge in [-0.15, -0.1) is 0 Å². The molecule has 0 saturated heterocycles. The van der Waals surface area contributed by atoms with Crippen molar-refractivity contribution in [3.63, 3.8) is 0 Å². The first kappa shape index (κ1) is 13.9. The quantitative estimate of drug-likeness (QED) is 0.819. The number of ether oxygens (including phenoxy) is 1. The van der Waals surface area contributed by atoms with Crippen molar-refractivity contribution in [2.75, 3.05) is 0 Å². The fourth-order valence-corrected chi connectivity index (χ4v) is 2.09. The number of aromatic nitrogens is 1. The molecule has 2 N–H and O–H groups in total. The predicted molar refractivity (Wildman–Crippen MR) is 74.6 cm³/mol. The Morgan fingerprint density at radius 3 is 2.71 bits per heavy atom. The minimum Gasteiger partial charge on any atom is -0.474 e. The highest BCUT2D eigenvalue weighted by atomic mass is 32.1. The molecular formula is C13H20N2OS. The molecule has 0 aliphatic heterocycles. The van der Waals surface area contributed by atoms with E-state index in [2.05, 4.69) is 11.9 Å². The van der Waals surface area contributed by atoms with Gasteiger partial charge in [0.15, 0.2) is 0 Å². The summed E-state index contributed by atoms with van der Waals surface area (Å²) in [4.78, 5) is 4.73. The van der Waals surface area contributed by atoms with Crippen LogP contribution in [0, 0.1) is 13.8 Å². The molecule has 0 aromatic carbocycles. The van der Waals surface area contributed by atoms with Crippen LogP contribution in [0.25, 0.3) is 0 Å². The maximum Gasteiger partial charge on any atom is 0.224 e. The van der Waals surface area contributed by atoms with Gasteiger partial charge in [-0.05, 0) is 38.8 Å². The topological polar surface area (TPSA) is 48.1 Å². The Morgan fingerprint density at radius 2 is 2.18 bits per heavy atom. The molecule has 3 nitrogen and oxygen atoms in total. The number of thiocarbonyl (C=S) groups is 1. The zero-order chi connectivity index (χ0) is 13.0. The van der Waals surface area contributed by atoms with Crippen molar-refractivity contribution in [3.8, 4) is 5.88 Å². The predicted octanol–water partition coefficient (Wildman–Crippen LogP) is 2.90. The molecule has 1 unspecified atom stereocenters. The van der Waals surface area contributed by atoms with E-state index in [1.165, 1.54) is 0 Å². The van der Waals surface area contributed by atoms with Gasteiger partial charge in [0.2, 0.25) is 5.88 Å². The number of rotatable bonds is 5. The van der Waals surface area contributed by atoms with E-state index in [0.717, 1.165) is 29.7 Å². The Labute approximate surface area is 108 Å². The third kappa shape index (κ3) is 3.66. The maximum absolute atomic E-state index is 5.83. The normalized spacial score (nSPS) is 12.2. The van der Waals surface area contributed by atoms with Crippen LogP contribution in [0.1, 0.15) is 43.5 Å². The van der Waals surface area contributed by atoms with E-state index >= 15 is 0 Å². The van der Waals surface area contributed by atoms with Crippen LogP contribution in [0.5, 0.6) is 5.88 Å². The highest BCUT2D eigenvalue weighted by molar-refractivity contribution is 7.80. The van der Waals surface area contributed by atoms with Crippen molar-refractivity contribution in [1.82, 2.24) is 4.98 Å². The van der Waals surface area contributed by atoms with E-state index in [-0.39, 0.29) is 6.10 Å². The Morgan fingerprint density at radius 1 is 1.53 bits per heavy atom. The van der Waals surface area contributed by atoms with Crippen molar-refractivity contribution in [2.45, 2.75) is 46.6 Å². The van der Waals surface area contributed by atoms with Crippen LogP contribution in [0.2, 0.25) is 0 Å². The molecule has 17 heavy (non-hydrogen) atoms. The zero-order valence-electron chi connectivity index (χ0n) is 10.9. The van der Waals surface area contributed by atoms with Crippen molar-refractivity contribution < 1.29 is 4.74 Å². The third-order valence-corrected chi connectivity index (χ3v) is 2.77. The fourth-order valence-electron chi connectivity index (χ4n) is 1.84. The van der Waals surface area contributed by atoms with Crippen LogP contribution in [-0.2, 0) is 0 Å². The molecule has 1 rings (SSSR count). The van der Waals surface area contributed by atoms with Gasteiger partial charge in [-0.1, -0.05) is 25.6 Å². The van der Waals surface area contributed by atoms with Crippen LogP contribution in [-0.4, -0.2) is 16.1 Å². The SMILES string of the molecule is CCCC(C)Oc1nc(C)cc(C)c1C(N)=S. The average Bonchev–Trinajstić information content (AvgIpc) is 2.15. The van der Waals surface area contributed by atoms with Crippen LogP contribution in [0.4, 0.5) is 0 Å². The minimum atomic E-state index is 0.127. The molecule has 0 fully saturated rings. The Kier molecular flexibility index (Phi) is 4.87. The van der Waals surface area contributed by atoms with Crippen LogP contribution in [0.15, 0.2) is 6.07 Å². The molecule has 94 valence electrons. The molecule has 1 heterocycles. The first-order valence-electron chi connectivity index (χ1n) is 5.90. The summed E-state index contributed by atoms with van der Waals surface area (Å²) < 4.78 is 5.83. The van der Waals surface area contributed by atoms with Gasteiger partial charge in [0, 0.05) is 5.69 Å². The Balaban J connectivity index is 3.08. The molecule has 0 bridgehead atoms. The Bertz CT molecular complexity index is 418. The van der Waals surface area contributed by atoms with E-state index in [4.69, 9.17) is 22.7 Å². The second-order valence-corrected chi connectivity index (χ2v) is 4.78. The highest BCUT2D eigenvalue weighted by Crippen LogP contribution is 2.22. The molecule has 1 aromatic heterocycles. The van der Waals surface area contributed by atoms with Gasteiger partial charge in [-0.3, -0.25) is 0 Å². The standard InChI is InChI=1S/C13H20N2OS/c1-5-6-10(4)16-13-11(12(14)17)8(2)7-9(3)15-13/h7,10H,5-6H2,1-4H3,(H2,14,17). The lowest BCUT2D eigenvalue weighted by Crippen LogP contribution is -2.19. The zero-order valence-corrected chi connectivity index (χ0v) is 11.7. The molecule has 0 aliphatic rings. The lowest BCUT2D eigenvalue weighted by Gasteiger charge is -2.17. The summed E-state index contributed by atoms with van der Waals surface area (Å²) >= 11 is 5.06. The van der Waals surface area contributed by atoms with Crippen molar-refractivity contribution in [1.29, 1.82) is 0 Å². The summed E-state index contributed by atoms with van der Waals surface area (Å²) in [5, 5.41) is 0. The van der Waals surface area contributed by atoms with Crippen molar-refractivity contribution >= 4 is 17.2 Å². The summed E-state index contributed by atoms with van der Waals surface area (Å²) in [5.74, 6) is 0.566. The van der Waals surface area contributed by atoms with E-state index in [0.29, 0.717) is 10.9 Å². The van der Waals surface area contributed by atoms with Gasteiger partial charge >= 0.3 is 0 Å². The van der Waals surface area contributed by atoms with Gasteiger partial charge in [-0.25, -0.2) is 4.98 Å². The molecule has 0 spiro atoms. The van der Waals surface area contributed by atoms with Crippen molar-refractivity contribution in [3.05, 3.63) is 22.9 Å². The van der Waals surface area contributed by atoms with Crippen LogP contribution >= 0.6 is 12.2 Å². The summed E-state index contributed by atoms with van der Waals surface area (Å²) in [6.07, 6.45) is 2.20. The largest absolute Gasteiger partial charge is 0.474 e. The summed E-state index contributed by atoms with van der Waals surface area (Å²) in [5.41, 5.74) is 8.42. The number of hydrogen-bond donors (Lipinski definition) is 1. The lowest BCUT2D eigenvalue weighted by molar-refractivity contribution is 0.200. The van der Waals surface area contributed by atoms with E-state index in [1.54, 1.807) is 0 Å². The number of nitrogens with zero attached hydrogens (tertiary/aromatic N) is 1. The monoisotopic (exact) mass is 252 g/mol. The van der Waals surface area contributed by atoms with Gasteiger partial charge in [0.05, 0.1) is 11.7 Å². The highest BCUT2D eigenvalue weighted by Gasteiger charge is 2.15. The lowest BCUT2D eigenvalue weighted by atomic mass is 10.1. The molecular weight excluding hydrogens is 232 g/mol. The number of hydrogen-bond acceptors (Lipinski definition) is 3.